The zero-order chi connectivity index (χ0) is 14.7. The highest BCUT2D eigenvalue weighted by Crippen LogP contribution is 2.23. The van der Waals surface area contributed by atoms with E-state index in [4.69, 9.17) is 0 Å². The summed E-state index contributed by atoms with van der Waals surface area (Å²) in [6.45, 7) is 9.48. The molecule has 0 bridgehead atoms. The van der Waals surface area contributed by atoms with Gasteiger partial charge >= 0.3 is 0 Å². The number of nitrogens with zero attached hydrogens (tertiary/aromatic N) is 4. The molecule has 4 nitrogen and oxygen atoms in total. The van der Waals surface area contributed by atoms with Crippen molar-refractivity contribution in [3.8, 4) is 0 Å². The molecule has 116 valence electrons. The molecular formula is C17H28N4. The molecule has 2 saturated heterocycles. The van der Waals surface area contributed by atoms with Gasteiger partial charge in [-0.2, -0.15) is 0 Å². The van der Waals surface area contributed by atoms with Crippen molar-refractivity contribution in [3.05, 3.63) is 24.0 Å². The number of pyridine rings is 1. The summed E-state index contributed by atoms with van der Waals surface area (Å²) in [5, 5.41) is 0. The van der Waals surface area contributed by atoms with Gasteiger partial charge in [0.05, 0.1) is 11.9 Å². The molecule has 2 aliphatic rings. The van der Waals surface area contributed by atoms with Gasteiger partial charge in [-0.15, -0.1) is 0 Å². The predicted molar refractivity (Wildman–Crippen MR) is 87.9 cm³/mol. The maximum absolute atomic E-state index is 4.39. The summed E-state index contributed by atoms with van der Waals surface area (Å²) in [6.07, 6.45) is 7.66. The third-order valence-corrected chi connectivity index (χ3v) is 5.07. The van der Waals surface area contributed by atoms with Crippen LogP contribution in [0.2, 0.25) is 0 Å². The molecule has 0 aromatic carbocycles. The number of anilines is 1. The van der Waals surface area contributed by atoms with Gasteiger partial charge in [0.15, 0.2) is 0 Å². The van der Waals surface area contributed by atoms with Crippen LogP contribution in [0.4, 0.5) is 5.69 Å². The molecule has 4 heteroatoms. The fraction of sp³-hybridized carbons (Fsp3) is 0.706. The second-order valence-electron chi connectivity index (χ2n) is 6.46. The minimum atomic E-state index is 0.789. The lowest BCUT2D eigenvalue weighted by atomic mass is 10.0. The van der Waals surface area contributed by atoms with E-state index >= 15 is 0 Å². The van der Waals surface area contributed by atoms with Gasteiger partial charge in [-0.1, -0.05) is 6.92 Å². The molecule has 0 saturated carbocycles. The van der Waals surface area contributed by atoms with E-state index in [1.165, 1.54) is 63.4 Å². The molecule has 0 radical (unpaired) electrons. The third-order valence-electron chi connectivity index (χ3n) is 5.07. The molecule has 3 heterocycles. The molecule has 2 fully saturated rings. The Kier molecular flexibility index (Phi) is 4.76. The van der Waals surface area contributed by atoms with Crippen LogP contribution < -0.4 is 4.90 Å². The Bertz CT molecular complexity index is 446. The Labute approximate surface area is 128 Å². The maximum Gasteiger partial charge on any atom is 0.0555 e. The highest BCUT2D eigenvalue weighted by molar-refractivity contribution is 5.46. The maximum atomic E-state index is 4.39. The highest BCUT2D eigenvalue weighted by Gasteiger charge is 2.26. The van der Waals surface area contributed by atoms with Gasteiger partial charge in [0.1, 0.15) is 0 Å². The van der Waals surface area contributed by atoms with Gasteiger partial charge in [0.25, 0.3) is 0 Å². The molecule has 0 spiro atoms. The fourth-order valence-electron chi connectivity index (χ4n) is 3.52. The van der Waals surface area contributed by atoms with Gasteiger partial charge < -0.3 is 9.80 Å². The highest BCUT2D eigenvalue weighted by atomic mass is 15.3. The van der Waals surface area contributed by atoms with Crippen LogP contribution in [-0.2, 0) is 6.42 Å². The number of piperidine rings is 1. The second kappa shape index (κ2) is 6.75. The zero-order valence-corrected chi connectivity index (χ0v) is 13.5. The largest absolute Gasteiger partial charge is 0.370 e. The van der Waals surface area contributed by atoms with Crippen molar-refractivity contribution in [2.45, 2.75) is 32.2 Å². The van der Waals surface area contributed by atoms with Crippen molar-refractivity contribution < 1.29 is 0 Å². The minimum Gasteiger partial charge on any atom is -0.370 e. The lowest BCUT2D eigenvalue weighted by Crippen LogP contribution is -2.52. The van der Waals surface area contributed by atoms with Gasteiger partial charge in [-0.25, -0.2) is 0 Å². The minimum absolute atomic E-state index is 0.789. The molecule has 0 unspecified atom stereocenters. The standard InChI is InChI=1S/C17H28N4/c1-3-15-12-17(14-18-13-15)20-6-4-16(5-7-20)21-10-8-19(2)9-11-21/h12-14,16H,3-11H2,1-2H3. The first-order valence-corrected chi connectivity index (χ1v) is 8.37. The molecule has 2 aliphatic heterocycles. The topological polar surface area (TPSA) is 22.6 Å². The van der Waals surface area contributed by atoms with Crippen molar-refractivity contribution >= 4 is 5.69 Å². The van der Waals surface area contributed by atoms with E-state index in [0.29, 0.717) is 0 Å². The quantitative estimate of drug-likeness (QED) is 0.847. The van der Waals surface area contributed by atoms with Crippen molar-refractivity contribution in [2.75, 3.05) is 51.2 Å². The Morgan fingerprint density at radius 2 is 1.76 bits per heavy atom. The van der Waals surface area contributed by atoms with E-state index in [1.54, 1.807) is 0 Å². The second-order valence-corrected chi connectivity index (χ2v) is 6.46. The molecule has 0 aliphatic carbocycles. The molecule has 0 amide bonds. The van der Waals surface area contributed by atoms with Gasteiger partial charge in [-0.3, -0.25) is 9.88 Å². The molecule has 3 rings (SSSR count). The van der Waals surface area contributed by atoms with Crippen LogP contribution in [0.5, 0.6) is 0 Å². The Morgan fingerprint density at radius 3 is 2.43 bits per heavy atom. The van der Waals surface area contributed by atoms with Crippen LogP contribution in [0.15, 0.2) is 18.5 Å². The first kappa shape index (κ1) is 14.8. The number of hydrogen-bond acceptors (Lipinski definition) is 4. The van der Waals surface area contributed by atoms with Crippen LogP contribution in [0.25, 0.3) is 0 Å². The number of piperazine rings is 1. The van der Waals surface area contributed by atoms with E-state index < -0.39 is 0 Å². The van der Waals surface area contributed by atoms with E-state index in [0.717, 1.165) is 12.5 Å². The normalized spacial score (nSPS) is 22.7. The summed E-state index contributed by atoms with van der Waals surface area (Å²) in [5.74, 6) is 0. The molecule has 0 N–H and O–H groups in total. The van der Waals surface area contributed by atoms with Gasteiger partial charge in [-0.05, 0) is 37.9 Å². The van der Waals surface area contributed by atoms with E-state index in [2.05, 4.69) is 39.7 Å². The monoisotopic (exact) mass is 288 g/mol. The molecule has 21 heavy (non-hydrogen) atoms. The summed E-state index contributed by atoms with van der Waals surface area (Å²) in [4.78, 5) is 12.0. The number of likely N-dealkylation sites (N-methyl/N-ethyl adjacent to an activating group) is 1. The Hall–Kier alpha value is -1.13. The van der Waals surface area contributed by atoms with Crippen LogP contribution in [-0.4, -0.2) is 67.1 Å². The summed E-state index contributed by atoms with van der Waals surface area (Å²) >= 11 is 0. The SMILES string of the molecule is CCc1cncc(N2CCC(N3CCN(C)CC3)CC2)c1. The van der Waals surface area contributed by atoms with Crippen LogP contribution in [0.3, 0.4) is 0 Å². The van der Waals surface area contributed by atoms with Crippen molar-refractivity contribution in [1.29, 1.82) is 0 Å². The molecule has 1 aromatic heterocycles. The fourth-order valence-corrected chi connectivity index (χ4v) is 3.52. The molecule has 1 aromatic rings. The smallest absolute Gasteiger partial charge is 0.0555 e. The number of aryl methyl sites for hydroxylation is 1. The van der Waals surface area contributed by atoms with Crippen molar-refractivity contribution in [1.82, 2.24) is 14.8 Å². The summed E-state index contributed by atoms with van der Waals surface area (Å²) < 4.78 is 0. The summed E-state index contributed by atoms with van der Waals surface area (Å²) in [6, 6.07) is 3.10. The van der Waals surface area contributed by atoms with Crippen molar-refractivity contribution in [3.63, 3.8) is 0 Å². The average molecular weight is 288 g/mol. The zero-order valence-electron chi connectivity index (χ0n) is 13.5. The molecular weight excluding hydrogens is 260 g/mol. The number of hydrogen-bond donors (Lipinski definition) is 0. The Balaban J connectivity index is 1.55. The lowest BCUT2D eigenvalue weighted by Gasteiger charge is -2.42. The first-order chi connectivity index (χ1) is 10.3. The van der Waals surface area contributed by atoms with Gasteiger partial charge in [0.2, 0.25) is 0 Å². The lowest BCUT2D eigenvalue weighted by molar-refractivity contribution is 0.0982. The average Bonchev–Trinajstić information content (AvgIpc) is 2.56. The number of aromatic nitrogens is 1. The van der Waals surface area contributed by atoms with Crippen LogP contribution in [0.1, 0.15) is 25.3 Å². The predicted octanol–water partition coefficient (Wildman–Crippen LogP) is 1.86. The Morgan fingerprint density at radius 1 is 1.05 bits per heavy atom. The third kappa shape index (κ3) is 3.55. The number of rotatable bonds is 3. The van der Waals surface area contributed by atoms with E-state index in [-0.39, 0.29) is 0 Å². The molecule has 0 atom stereocenters. The summed E-state index contributed by atoms with van der Waals surface area (Å²) in [5.41, 5.74) is 2.65. The first-order valence-electron chi connectivity index (χ1n) is 8.37. The van der Waals surface area contributed by atoms with E-state index in [9.17, 15) is 0 Å². The summed E-state index contributed by atoms with van der Waals surface area (Å²) in [7, 11) is 2.23. The van der Waals surface area contributed by atoms with Crippen LogP contribution >= 0.6 is 0 Å². The van der Waals surface area contributed by atoms with E-state index in [1.807, 2.05) is 12.4 Å². The van der Waals surface area contributed by atoms with Gasteiger partial charge in [0, 0.05) is 51.5 Å². The van der Waals surface area contributed by atoms with Crippen molar-refractivity contribution in [2.24, 2.45) is 0 Å². The van der Waals surface area contributed by atoms with Crippen LogP contribution in [0, 0.1) is 0 Å².